The number of rotatable bonds is 3. The van der Waals surface area contributed by atoms with Crippen molar-refractivity contribution in [1.82, 2.24) is 4.90 Å². The summed E-state index contributed by atoms with van der Waals surface area (Å²) in [5.74, 6) is 0. The molecule has 1 fully saturated rings. The molecule has 1 aliphatic rings. The number of nitrogens with two attached hydrogens (primary N) is 1. The van der Waals surface area contributed by atoms with Crippen LogP contribution in [0.1, 0.15) is 46.7 Å². The van der Waals surface area contributed by atoms with E-state index in [1.165, 1.54) is 53.7 Å². The van der Waals surface area contributed by atoms with Crippen molar-refractivity contribution in [2.45, 2.75) is 46.6 Å². The molecule has 2 rings (SSSR count). The van der Waals surface area contributed by atoms with E-state index in [9.17, 15) is 0 Å². The highest BCUT2D eigenvalue weighted by Gasteiger charge is 2.25. The monoisotopic (exact) mass is 246 g/mol. The number of hydrogen-bond acceptors (Lipinski definition) is 2. The van der Waals surface area contributed by atoms with E-state index in [4.69, 9.17) is 5.73 Å². The first kappa shape index (κ1) is 13.6. The van der Waals surface area contributed by atoms with Gasteiger partial charge in [-0.2, -0.15) is 0 Å². The second-order valence-corrected chi connectivity index (χ2v) is 5.67. The summed E-state index contributed by atoms with van der Waals surface area (Å²) < 4.78 is 0. The Labute approximate surface area is 111 Å². The van der Waals surface area contributed by atoms with E-state index in [1.807, 2.05) is 0 Å². The maximum atomic E-state index is 6.08. The minimum atomic E-state index is 0.408. The van der Waals surface area contributed by atoms with Gasteiger partial charge in [-0.15, -0.1) is 0 Å². The van der Waals surface area contributed by atoms with Crippen molar-refractivity contribution in [3.63, 3.8) is 0 Å². The molecule has 1 unspecified atom stereocenters. The Morgan fingerprint density at radius 1 is 1.06 bits per heavy atom. The molecule has 1 aliphatic heterocycles. The van der Waals surface area contributed by atoms with E-state index in [2.05, 4.69) is 38.7 Å². The van der Waals surface area contributed by atoms with Crippen LogP contribution in [-0.2, 0) is 0 Å². The molecule has 2 heteroatoms. The van der Waals surface area contributed by atoms with Crippen LogP contribution >= 0.6 is 0 Å². The van der Waals surface area contributed by atoms with Gasteiger partial charge >= 0.3 is 0 Å². The summed E-state index contributed by atoms with van der Waals surface area (Å²) in [5.41, 5.74) is 13.2. The minimum Gasteiger partial charge on any atom is -0.329 e. The van der Waals surface area contributed by atoms with E-state index in [0.717, 1.165) is 6.54 Å². The first-order valence-corrected chi connectivity index (χ1v) is 7.07. The molecule has 0 saturated carbocycles. The SMILES string of the molecule is Cc1cc(C)c(C)c(C(CN)N2CCCC2)c1C. The minimum absolute atomic E-state index is 0.408. The van der Waals surface area contributed by atoms with Crippen molar-refractivity contribution < 1.29 is 0 Å². The lowest BCUT2D eigenvalue weighted by molar-refractivity contribution is 0.249. The van der Waals surface area contributed by atoms with Gasteiger partial charge in [0.15, 0.2) is 0 Å². The first-order chi connectivity index (χ1) is 8.56. The number of likely N-dealkylation sites (tertiary alicyclic amines) is 1. The summed E-state index contributed by atoms with van der Waals surface area (Å²) >= 11 is 0. The summed E-state index contributed by atoms with van der Waals surface area (Å²) in [5, 5.41) is 0. The summed E-state index contributed by atoms with van der Waals surface area (Å²) in [6, 6.07) is 2.71. The average Bonchev–Trinajstić information content (AvgIpc) is 2.85. The zero-order chi connectivity index (χ0) is 13.3. The van der Waals surface area contributed by atoms with Crippen LogP contribution in [0.2, 0.25) is 0 Å². The topological polar surface area (TPSA) is 29.3 Å². The molecule has 1 heterocycles. The highest BCUT2D eigenvalue weighted by atomic mass is 15.2. The van der Waals surface area contributed by atoms with Gasteiger partial charge in [0.05, 0.1) is 0 Å². The zero-order valence-corrected chi connectivity index (χ0v) is 12.2. The second kappa shape index (κ2) is 5.41. The molecular formula is C16H26N2. The van der Waals surface area contributed by atoms with Gasteiger partial charge in [0.2, 0.25) is 0 Å². The molecule has 18 heavy (non-hydrogen) atoms. The number of aryl methyl sites for hydroxylation is 2. The van der Waals surface area contributed by atoms with Gasteiger partial charge in [-0.3, -0.25) is 4.90 Å². The molecular weight excluding hydrogens is 220 g/mol. The molecule has 100 valence electrons. The van der Waals surface area contributed by atoms with Crippen LogP contribution in [0, 0.1) is 27.7 Å². The van der Waals surface area contributed by atoms with Gasteiger partial charge in [0, 0.05) is 12.6 Å². The highest BCUT2D eigenvalue weighted by molar-refractivity contribution is 5.46. The van der Waals surface area contributed by atoms with Gasteiger partial charge in [-0.05, 0) is 81.4 Å². The summed E-state index contributed by atoms with van der Waals surface area (Å²) in [7, 11) is 0. The normalized spacial score (nSPS) is 18.3. The van der Waals surface area contributed by atoms with Crippen LogP contribution < -0.4 is 5.73 Å². The lowest BCUT2D eigenvalue weighted by atomic mass is 9.89. The maximum Gasteiger partial charge on any atom is 0.0475 e. The van der Waals surface area contributed by atoms with E-state index < -0.39 is 0 Å². The molecule has 0 radical (unpaired) electrons. The smallest absolute Gasteiger partial charge is 0.0475 e. The Bertz CT molecular complexity index is 405. The molecule has 0 amide bonds. The molecule has 1 saturated heterocycles. The Morgan fingerprint density at radius 2 is 1.56 bits per heavy atom. The predicted molar refractivity (Wildman–Crippen MR) is 78.0 cm³/mol. The van der Waals surface area contributed by atoms with Gasteiger partial charge in [0.1, 0.15) is 0 Å². The molecule has 0 aromatic heterocycles. The summed E-state index contributed by atoms with van der Waals surface area (Å²) in [6.45, 7) is 12.0. The number of nitrogens with zero attached hydrogens (tertiary/aromatic N) is 1. The second-order valence-electron chi connectivity index (χ2n) is 5.67. The lowest BCUT2D eigenvalue weighted by Crippen LogP contribution is -2.32. The summed E-state index contributed by atoms with van der Waals surface area (Å²) in [6.07, 6.45) is 2.64. The molecule has 0 spiro atoms. The van der Waals surface area contributed by atoms with Gasteiger partial charge in [-0.1, -0.05) is 6.07 Å². The zero-order valence-electron chi connectivity index (χ0n) is 12.2. The lowest BCUT2D eigenvalue weighted by Gasteiger charge is -2.30. The number of hydrogen-bond donors (Lipinski definition) is 1. The quantitative estimate of drug-likeness (QED) is 0.888. The van der Waals surface area contributed by atoms with Crippen molar-refractivity contribution in [3.05, 3.63) is 33.9 Å². The van der Waals surface area contributed by atoms with Crippen LogP contribution in [-0.4, -0.2) is 24.5 Å². The number of benzene rings is 1. The molecule has 2 N–H and O–H groups in total. The highest BCUT2D eigenvalue weighted by Crippen LogP contribution is 2.32. The van der Waals surface area contributed by atoms with Crippen molar-refractivity contribution >= 4 is 0 Å². The Morgan fingerprint density at radius 3 is 2.00 bits per heavy atom. The van der Waals surface area contributed by atoms with Gasteiger partial charge in [0.25, 0.3) is 0 Å². The molecule has 1 atom stereocenters. The fraction of sp³-hybridized carbons (Fsp3) is 0.625. The predicted octanol–water partition coefficient (Wildman–Crippen LogP) is 3.02. The van der Waals surface area contributed by atoms with Crippen molar-refractivity contribution in [1.29, 1.82) is 0 Å². The summed E-state index contributed by atoms with van der Waals surface area (Å²) in [4.78, 5) is 2.56. The fourth-order valence-corrected chi connectivity index (χ4v) is 3.25. The van der Waals surface area contributed by atoms with Crippen molar-refractivity contribution in [3.8, 4) is 0 Å². The van der Waals surface area contributed by atoms with Gasteiger partial charge < -0.3 is 5.73 Å². The average molecular weight is 246 g/mol. The first-order valence-electron chi connectivity index (χ1n) is 7.07. The molecule has 1 aromatic carbocycles. The van der Waals surface area contributed by atoms with Crippen molar-refractivity contribution in [2.75, 3.05) is 19.6 Å². The van der Waals surface area contributed by atoms with E-state index in [-0.39, 0.29) is 0 Å². The third kappa shape index (κ3) is 2.32. The van der Waals surface area contributed by atoms with Crippen LogP contribution in [0.3, 0.4) is 0 Å². The Kier molecular flexibility index (Phi) is 4.08. The van der Waals surface area contributed by atoms with Crippen LogP contribution in [0.15, 0.2) is 6.07 Å². The van der Waals surface area contributed by atoms with Crippen LogP contribution in [0.25, 0.3) is 0 Å². The van der Waals surface area contributed by atoms with Crippen molar-refractivity contribution in [2.24, 2.45) is 5.73 Å². The van der Waals surface area contributed by atoms with Crippen LogP contribution in [0.5, 0.6) is 0 Å². The third-order valence-electron chi connectivity index (χ3n) is 4.56. The standard InChI is InChI=1S/C16H26N2/c1-11-9-12(2)14(4)16(13(11)3)15(10-17)18-7-5-6-8-18/h9,15H,5-8,10,17H2,1-4H3. The van der Waals surface area contributed by atoms with E-state index >= 15 is 0 Å². The molecule has 0 bridgehead atoms. The van der Waals surface area contributed by atoms with E-state index in [0.29, 0.717) is 6.04 Å². The molecule has 0 aliphatic carbocycles. The molecule has 2 nitrogen and oxygen atoms in total. The third-order valence-corrected chi connectivity index (χ3v) is 4.56. The van der Waals surface area contributed by atoms with Crippen LogP contribution in [0.4, 0.5) is 0 Å². The molecule has 1 aromatic rings. The largest absolute Gasteiger partial charge is 0.329 e. The van der Waals surface area contributed by atoms with E-state index in [1.54, 1.807) is 0 Å². The Balaban J connectivity index is 2.47. The Hall–Kier alpha value is -0.860. The van der Waals surface area contributed by atoms with Gasteiger partial charge in [-0.25, -0.2) is 0 Å². The maximum absolute atomic E-state index is 6.08. The fourth-order valence-electron chi connectivity index (χ4n) is 3.25.